The van der Waals surface area contributed by atoms with Crippen molar-refractivity contribution in [3.63, 3.8) is 0 Å². The number of aromatic nitrogens is 2. The van der Waals surface area contributed by atoms with Crippen molar-refractivity contribution in [3.05, 3.63) is 42.7 Å². The molecule has 0 aliphatic heterocycles. The molecule has 2 rings (SSSR count). The van der Waals surface area contributed by atoms with Gasteiger partial charge in [-0.05, 0) is 30.5 Å². The van der Waals surface area contributed by atoms with E-state index in [1.807, 2.05) is 45.0 Å². The largest absolute Gasteiger partial charge is 0.345 e. The number of nitrogens with zero attached hydrogens (tertiary/aromatic N) is 2. The average Bonchev–Trinajstić information content (AvgIpc) is 2.99. The molecule has 0 aliphatic carbocycles. The number of hydrogen-bond acceptors (Lipinski definition) is 3. The van der Waals surface area contributed by atoms with Crippen LogP contribution >= 0.6 is 0 Å². The van der Waals surface area contributed by atoms with Gasteiger partial charge in [0.15, 0.2) is 0 Å². The van der Waals surface area contributed by atoms with Crippen molar-refractivity contribution in [1.82, 2.24) is 15.1 Å². The molecule has 0 saturated heterocycles. The summed E-state index contributed by atoms with van der Waals surface area (Å²) >= 11 is 0. The molecule has 6 heteroatoms. The number of rotatable bonds is 5. The SMILES string of the molecule is CC(NC(=O)CC(C)(C)C)C(=O)Nc1ccccc1-n1cccn1. The van der Waals surface area contributed by atoms with E-state index in [0.29, 0.717) is 12.1 Å². The Morgan fingerprint density at radius 3 is 2.54 bits per heavy atom. The van der Waals surface area contributed by atoms with Crippen molar-refractivity contribution in [2.75, 3.05) is 5.32 Å². The summed E-state index contributed by atoms with van der Waals surface area (Å²) in [6.45, 7) is 7.62. The molecular weight excluding hydrogens is 304 g/mol. The highest BCUT2D eigenvalue weighted by Crippen LogP contribution is 2.20. The molecule has 1 heterocycles. The van der Waals surface area contributed by atoms with Crippen LogP contribution in [0.15, 0.2) is 42.7 Å². The fourth-order valence-electron chi connectivity index (χ4n) is 2.27. The molecule has 1 aromatic carbocycles. The van der Waals surface area contributed by atoms with Gasteiger partial charge in [-0.2, -0.15) is 5.10 Å². The fourth-order valence-corrected chi connectivity index (χ4v) is 2.27. The van der Waals surface area contributed by atoms with Crippen molar-refractivity contribution < 1.29 is 9.59 Å². The van der Waals surface area contributed by atoms with Crippen molar-refractivity contribution in [2.45, 2.75) is 40.2 Å². The average molecular weight is 328 g/mol. The standard InChI is InChI=1S/C18H24N4O2/c1-13(20-16(23)12-18(2,3)4)17(24)21-14-8-5-6-9-15(14)22-11-7-10-19-22/h5-11,13H,12H2,1-4H3,(H,20,23)(H,21,24). The molecule has 6 nitrogen and oxygen atoms in total. The summed E-state index contributed by atoms with van der Waals surface area (Å²) < 4.78 is 1.68. The molecule has 0 radical (unpaired) electrons. The van der Waals surface area contributed by atoms with Gasteiger partial charge in [0.25, 0.3) is 0 Å². The molecule has 1 aromatic heterocycles. The summed E-state index contributed by atoms with van der Waals surface area (Å²) in [6.07, 6.45) is 3.85. The molecular formula is C18H24N4O2. The maximum atomic E-state index is 12.4. The Morgan fingerprint density at radius 2 is 1.92 bits per heavy atom. The monoisotopic (exact) mass is 328 g/mol. The molecule has 0 saturated carbocycles. The van der Waals surface area contributed by atoms with Gasteiger partial charge in [0.1, 0.15) is 6.04 Å². The van der Waals surface area contributed by atoms with Gasteiger partial charge in [0.2, 0.25) is 11.8 Å². The number of hydrogen-bond donors (Lipinski definition) is 2. The zero-order chi connectivity index (χ0) is 17.7. The minimum Gasteiger partial charge on any atom is -0.345 e. The van der Waals surface area contributed by atoms with Crippen LogP contribution in [-0.2, 0) is 9.59 Å². The molecule has 0 aliphatic rings. The molecule has 0 spiro atoms. The van der Waals surface area contributed by atoms with Crippen molar-refractivity contribution in [1.29, 1.82) is 0 Å². The highest BCUT2D eigenvalue weighted by atomic mass is 16.2. The fraction of sp³-hybridized carbons (Fsp3) is 0.389. The molecule has 1 atom stereocenters. The Kier molecular flexibility index (Phi) is 5.39. The van der Waals surface area contributed by atoms with E-state index in [9.17, 15) is 9.59 Å². The lowest BCUT2D eigenvalue weighted by Crippen LogP contribution is -2.42. The number of carbonyl (C=O) groups excluding carboxylic acids is 2. The van der Waals surface area contributed by atoms with Gasteiger partial charge < -0.3 is 10.6 Å². The van der Waals surface area contributed by atoms with Crippen LogP contribution in [0.2, 0.25) is 0 Å². The highest BCUT2D eigenvalue weighted by Gasteiger charge is 2.21. The maximum absolute atomic E-state index is 12.4. The zero-order valence-corrected chi connectivity index (χ0v) is 14.5. The summed E-state index contributed by atoms with van der Waals surface area (Å²) in [6, 6.07) is 8.58. The second-order valence-corrected chi connectivity index (χ2v) is 6.98. The number of benzene rings is 1. The predicted octanol–water partition coefficient (Wildman–Crippen LogP) is 2.75. The first-order valence-corrected chi connectivity index (χ1v) is 7.95. The van der Waals surface area contributed by atoms with E-state index >= 15 is 0 Å². The third-order valence-electron chi connectivity index (χ3n) is 3.37. The minimum absolute atomic E-state index is 0.118. The van der Waals surface area contributed by atoms with Crippen LogP contribution < -0.4 is 10.6 Å². The van der Waals surface area contributed by atoms with Crippen molar-refractivity contribution in [2.24, 2.45) is 5.41 Å². The number of carbonyl (C=O) groups is 2. The van der Waals surface area contributed by atoms with Crippen molar-refractivity contribution >= 4 is 17.5 Å². The summed E-state index contributed by atoms with van der Waals surface area (Å²) in [5, 5.41) is 9.77. The van der Waals surface area contributed by atoms with Gasteiger partial charge in [0, 0.05) is 18.8 Å². The Bertz CT molecular complexity index is 702. The van der Waals surface area contributed by atoms with Gasteiger partial charge in [-0.15, -0.1) is 0 Å². The van der Waals surface area contributed by atoms with Crippen LogP contribution in [0.1, 0.15) is 34.1 Å². The Balaban J connectivity index is 2.04. The first-order valence-electron chi connectivity index (χ1n) is 7.95. The van der Waals surface area contributed by atoms with Gasteiger partial charge in [-0.3, -0.25) is 9.59 Å². The maximum Gasteiger partial charge on any atom is 0.246 e. The lowest BCUT2D eigenvalue weighted by atomic mass is 9.92. The van der Waals surface area contributed by atoms with Crippen LogP contribution in [0.3, 0.4) is 0 Å². The van der Waals surface area contributed by atoms with Crippen LogP contribution in [0.5, 0.6) is 0 Å². The van der Waals surface area contributed by atoms with Gasteiger partial charge in [0.05, 0.1) is 11.4 Å². The van der Waals surface area contributed by atoms with Crippen LogP contribution in [0.25, 0.3) is 5.69 Å². The normalized spacial score (nSPS) is 12.5. The number of nitrogens with one attached hydrogen (secondary N) is 2. The van der Waals surface area contributed by atoms with Gasteiger partial charge in [-0.25, -0.2) is 4.68 Å². The number of para-hydroxylation sites is 2. The van der Waals surface area contributed by atoms with Crippen LogP contribution in [0, 0.1) is 5.41 Å². The van der Waals surface area contributed by atoms with E-state index < -0.39 is 6.04 Å². The quantitative estimate of drug-likeness (QED) is 0.886. The second-order valence-electron chi connectivity index (χ2n) is 6.98. The van der Waals surface area contributed by atoms with E-state index in [1.54, 1.807) is 30.1 Å². The summed E-state index contributed by atoms with van der Waals surface area (Å²) in [5.41, 5.74) is 1.29. The topological polar surface area (TPSA) is 76.0 Å². The second kappa shape index (κ2) is 7.29. The van der Waals surface area contributed by atoms with Crippen molar-refractivity contribution in [3.8, 4) is 5.69 Å². The Labute approximate surface area is 142 Å². The number of amides is 2. The summed E-state index contributed by atoms with van der Waals surface area (Å²) in [5.74, 6) is -0.401. The van der Waals surface area contributed by atoms with E-state index in [-0.39, 0.29) is 17.2 Å². The molecule has 0 fully saturated rings. The van der Waals surface area contributed by atoms with Gasteiger partial charge >= 0.3 is 0 Å². The molecule has 2 amide bonds. The minimum atomic E-state index is -0.620. The molecule has 0 bridgehead atoms. The van der Waals surface area contributed by atoms with E-state index in [2.05, 4.69) is 15.7 Å². The Hall–Kier alpha value is -2.63. The smallest absolute Gasteiger partial charge is 0.246 e. The van der Waals surface area contributed by atoms with E-state index in [0.717, 1.165) is 5.69 Å². The first-order chi connectivity index (χ1) is 11.3. The van der Waals surface area contributed by atoms with E-state index in [4.69, 9.17) is 0 Å². The molecule has 2 N–H and O–H groups in total. The number of anilines is 1. The highest BCUT2D eigenvalue weighted by molar-refractivity contribution is 5.98. The lowest BCUT2D eigenvalue weighted by molar-refractivity contribution is -0.127. The lowest BCUT2D eigenvalue weighted by Gasteiger charge is -2.20. The van der Waals surface area contributed by atoms with Gasteiger partial charge in [-0.1, -0.05) is 32.9 Å². The predicted molar refractivity (Wildman–Crippen MR) is 93.9 cm³/mol. The molecule has 2 aromatic rings. The molecule has 128 valence electrons. The zero-order valence-electron chi connectivity index (χ0n) is 14.5. The molecule has 1 unspecified atom stereocenters. The van der Waals surface area contributed by atoms with Crippen LogP contribution in [0.4, 0.5) is 5.69 Å². The summed E-state index contributed by atoms with van der Waals surface area (Å²) in [7, 11) is 0. The van der Waals surface area contributed by atoms with E-state index in [1.165, 1.54) is 0 Å². The third kappa shape index (κ3) is 4.94. The third-order valence-corrected chi connectivity index (χ3v) is 3.37. The summed E-state index contributed by atoms with van der Waals surface area (Å²) in [4.78, 5) is 24.4. The first kappa shape index (κ1) is 17.7. The van der Waals surface area contributed by atoms with Crippen LogP contribution in [-0.4, -0.2) is 27.6 Å². The molecule has 24 heavy (non-hydrogen) atoms. The Morgan fingerprint density at radius 1 is 1.21 bits per heavy atom.